The van der Waals surface area contributed by atoms with Crippen LogP contribution in [0.15, 0.2) is 18.2 Å². The van der Waals surface area contributed by atoms with Gasteiger partial charge in [-0.05, 0) is 25.1 Å². The zero-order valence-electron chi connectivity index (χ0n) is 10.7. The molecule has 1 aliphatic heterocycles. The van der Waals surface area contributed by atoms with Gasteiger partial charge in [-0.3, -0.25) is 4.79 Å². The summed E-state index contributed by atoms with van der Waals surface area (Å²) in [4.78, 5) is 12.5. The molecule has 2 rings (SSSR count). The van der Waals surface area contributed by atoms with E-state index < -0.39 is 17.2 Å². The van der Waals surface area contributed by atoms with E-state index >= 15 is 0 Å². The van der Waals surface area contributed by atoms with Crippen LogP contribution in [-0.2, 0) is 9.47 Å². The topological polar surface area (TPSA) is 35.5 Å². The summed E-state index contributed by atoms with van der Waals surface area (Å²) in [5, 5.41) is 0. The maximum Gasteiger partial charge on any atom is 0.194 e. The van der Waals surface area contributed by atoms with Gasteiger partial charge in [-0.15, -0.1) is 0 Å². The van der Waals surface area contributed by atoms with E-state index in [0.29, 0.717) is 32.7 Å². The number of hydrogen-bond donors (Lipinski definition) is 0. The third kappa shape index (κ3) is 2.82. The van der Waals surface area contributed by atoms with Crippen LogP contribution in [0.2, 0.25) is 0 Å². The number of ketones is 1. The third-order valence-electron chi connectivity index (χ3n) is 3.32. The van der Waals surface area contributed by atoms with Crippen molar-refractivity contribution in [2.75, 3.05) is 19.8 Å². The van der Waals surface area contributed by atoms with Crippen molar-refractivity contribution in [2.45, 2.75) is 25.4 Å². The SMILES string of the molecule is CCOC1(C(=O)c2ccc(F)c(F)c2)CCOCC1. The van der Waals surface area contributed by atoms with Crippen molar-refractivity contribution in [3.8, 4) is 0 Å². The Bertz CT molecular complexity index is 462. The van der Waals surface area contributed by atoms with Crippen LogP contribution >= 0.6 is 0 Å². The van der Waals surface area contributed by atoms with Crippen LogP contribution in [0.25, 0.3) is 0 Å². The molecule has 1 heterocycles. The number of carbonyl (C=O) groups excluding carboxylic acids is 1. The highest BCUT2D eigenvalue weighted by atomic mass is 19.2. The predicted molar refractivity (Wildman–Crippen MR) is 65.1 cm³/mol. The number of benzene rings is 1. The van der Waals surface area contributed by atoms with Gasteiger partial charge in [0.25, 0.3) is 0 Å². The molecule has 1 saturated heterocycles. The van der Waals surface area contributed by atoms with E-state index in [1.54, 1.807) is 6.92 Å². The minimum atomic E-state index is -1.02. The summed E-state index contributed by atoms with van der Waals surface area (Å²) in [5.74, 6) is -2.30. The van der Waals surface area contributed by atoms with Gasteiger partial charge in [0.15, 0.2) is 17.4 Å². The van der Waals surface area contributed by atoms with Gasteiger partial charge >= 0.3 is 0 Å². The summed E-state index contributed by atoms with van der Waals surface area (Å²) in [6.07, 6.45) is 0.858. The van der Waals surface area contributed by atoms with Crippen LogP contribution in [0.5, 0.6) is 0 Å². The average Bonchev–Trinajstić information content (AvgIpc) is 2.42. The molecular formula is C14H16F2O3. The Morgan fingerprint density at radius 2 is 2.00 bits per heavy atom. The molecule has 0 aliphatic carbocycles. The summed E-state index contributed by atoms with van der Waals surface area (Å²) in [7, 11) is 0. The van der Waals surface area contributed by atoms with E-state index in [4.69, 9.17) is 9.47 Å². The maximum absolute atomic E-state index is 13.2. The first kappa shape index (κ1) is 14.1. The van der Waals surface area contributed by atoms with Gasteiger partial charge in [0, 0.05) is 38.2 Å². The predicted octanol–water partition coefficient (Wildman–Crippen LogP) is 2.73. The Labute approximate surface area is 110 Å². The minimum absolute atomic E-state index is 0.134. The van der Waals surface area contributed by atoms with Gasteiger partial charge < -0.3 is 9.47 Å². The monoisotopic (exact) mass is 270 g/mol. The van der Waals surface area contributed by atoms with Gasteiger partial charge in [0.05, 0.1) is 0 Å². The summed E-state index contributed by atoms with van der Waals surface area (Å²) in [5.41, 5.74) is -0.841. The lowest BCUT2D eigenvalue weighted by molar-refractivity contribution is -0.0822. The van der Waals surface area contributed by atoms with Crippen LogP contribution in [0.4, 0.5) is 8.78 Å². The highest BCUT2D eigenvalue weighted by molar-refractivity contribution is 6.02. The molecule has 1 aliphatic rings. The number of rotatable bonds is 4. The van der Waals surface area contributed by atoms with Crippen LogP contribution in [0, 0.1) is 11.6 Å². The Hall–Kier alpha value is -1.33. The van der Waals surface area contributed by atoms with E-state index in [1.165, 1.54) is 6.07 Å². The second-order valence-corrected chi connectivity index (χ2v) is 4.50. The second-order valence-electron chi connectivity index (χ2n) is 4.50. The van der Waals surface area contributed by atoms with E-state index in [2.05, 4.69) is 0 Å². The first-order valence-corrected chi connectivity index (χ1v) is 6.30. The number of Topliss-reactive ketones (excluding diaryl/α,β-unsaturated/α-hetero) is 1. The van der Waals surface area contributed by atoms with Crippen LogP contribution in [0.1, 0.15) is 30.1 Å². The highest BCUT2D eigenvalue weighted by Gasteiger charge is 2.41. The molecule has 104 valence electrons. The van der Waals surface area contributed by atoms with E-state index in [0.717, 1.165) is 12.1 Å². The lowest BCUT2D eigenvalue weighted by Crippen LogP contribution is -2.46. The average molecular weight is 270 g/mol. The molecule has 5 heteroatoms. The van der Waals surface area contributed by atoms with Crippen molar-refractivity contribution >= 4 is 5.78 Å². The fourth-order valence-electron chi connectivity index (χ4n) is 2.31. The molecule has 0 spiro atoms. The van der Waals surface area contributed by atoms with Crippen molar-refractivity contribution in [1.82, 2.24) is 0 Å². The number of hydrogen-bond acceptors (Lipinski definition) is 3. The first-order chi connectivity index (χ1) is 9.09. The summed E-state index contributed by atoms with van der Waals surface area (Å²) in [6, 6.07) is 3.17. The van der Waals surface area contributed by atoms with Gasteiger partial charge in [0.1, 0.15) is 5.60 Å². The smallest absolute Gasteiger partial charge is 0.194 e. The quantitative estimate of drug-likeness (QED) is 0.789. The molecule has 0 N–H and O–H groups in total. The second kappa shape index (κ2) is 5.75. The van der Waals surface area contributed by atoms with Crippen LogP contribution < -0.4 is 0 Å². The van der Waals surface area contributed by atoms with E-state index in [1.807, 2.05) is 0 Å². The standard InChI is InChI=1S/C14H16F2O3/c1-2-19-14(5-7-18-8-6-14)13(17)10-3-4-11(15)12(16)9-10/h3-4,9H,2,5-8H2,1H3. The Morgan fingerprint density at radius 3 is 2.58 bits per heavy atom. The fraction of sp³-hybridized carbons (Fsp3) is 0.500. The summed E-state index contributed by atoms with van der Waals surface area (Å²) < 4.78 is 37.0. The molecule has 1 fully saturated rings. The molecule has 0 aromatic heterocycles. The third-order valence-corrected chi connectivity index (χ3v) is 3.32. The molecule has 19 heavy (non-hydrogen) atoms. The molecular weight excluding hydrogens is 254 g/mol. The van der Waals surface area contributed by atoms with Crippen molar-refractivity contribution in [3.63, 3.8) is 0 Å². The first-order valence-electron chi connectivity index (χ1n) is 6.30. The van der Waals surface area contributed by atoms with Crippen molar-refractivity contribution in [1.29, 1.82) is 0 Å². The number of carbonyl (C=O) groups is 1. The zero-order valence-corrected chi connectivity index (χ0v) is 10.7. The largest absolute Gasteiger partial charge is 0.381 e. The molecule has 0 saturated carbocycles. The molecule has 3 nitrogen and oxygen atoms in total. The Balaban J connectivity index is 2.30. The van der Waals surface area contributed by atoms with E-state index in [-0.39, 0.29) is 11.3 Å². The molecule has 0 radical (unpaired) electrons. The molecule has 0 bridgehead atoms. The minimum Gasteiger partial charge on any atom is -0.381 e. The normalized spacial score (nSPS) is 18.3. The van der Waals surface area contributed by atoms with Gasteiger partial charge in [-0.2, -0.15) is 0 Å². The lowest BCUT2D eigenvalue weighted by Gasteiger charge is -2.35. The van der Waals surface area contributed by atoms with Crippen LogP contribution in [-0.4, -0.2) is 31.2 Å². The maximum atomic E-state index is 13.2. The molecule has 1 aromatic rings. The molecule has 0 atom stereocenters. The summed E-state index contributed by atoms with van der Waals surface area (Å²) >= 11 is 0. The lowest BCUT2D eigenvalue weighted by atomic mass is 9.85. The summed E-state index contributed by atoms with van der Waals surface area (Å²) in [6.45, 7) is 3.04. The van der Waals surface area contributed by atoms with Crippen molar-refractivity contribution < 1.29 is 23.0 Å². The molecule has 0 amide bonds. The zero-order chi connectivity index (χ0) is 13.9. The number of ether oxygens (including phenoxy) is 2. The van der Waals surface area contributed by atoms with E-state index in [9.17, 15) is 13.6 Å². The number of halogens is 2. The highest BCUT2D eigenvalue weighted by Crippen LogP contribution is 2.29. The van der Waals surface area contributed by atoms with Crippen molar-refractivity contribution in [2.24, 2.45) is 0 Å². The van der Waals surface area contributed by atoms with Gasteiger partial charge in [0.2, 0.25) is 0 Å². The Morgan fingerprint density at radius 1 is 1.32 bits per heavy atom. The Kier molecular flexibility index (Phi) is 4.27. The van der Waals surface area contributed by atoms with Gasteiger partial charge in [-0.1, -0.05) is 0 Å². The molecule has 0 unspecified atom stereocenters. The fourth-order valence-corrected chi connectivity index (χ4v) is 2.31. The van der Waals surface area contributed by atoms with Gasteiger partial charge in [-0.25, -0.2) is 8.78 Å². The van der Waals surface area contributed by atoms with Crippen molar-refractivity contribution in [3.05, 3.63) is 35.4 Å². The van der Waals surface area contributed by atoms with Crippen LogP contribution in [0.3, 0.4) is 0 Å². The molecule has 1 aromatic carbocycles.